The van der Waals surface area contributed by atoms with Crippen LogP contribution in [0, 0.1) is 0 Å². The van der Waals surface area contributed by atoms with Gasteiger partial charge in [-0.1, -0.05) is 11.3 Å². The van der Waals surface area contributed by atoms with Crippen LogP contribution in [0.25, 0.3) is 0 Å². The number of carbonyl (C=O) groups is 2. The van der Waals surface area contributed by atoms with E-state index in [1.807, 2.05) is 6.07 Å². The van der Waals surface area contributed by atoms with E-state index in [2.05, 4.69) is 14.7 Å². The van der Waals surface area contributed by atoms with Crippen molar-refractivity contribution in [2.75, 3.05) is 19.1 Å². The third-order valence-corrected chi connectivity index (χ3v) is 3.87. The molecule has 0 atom stereocenters. The summed E-state index contributed by atoms with van der Waals surface area (Å²) in [6.45, 7) is 1.40. The van der Waals surface area contributed by atoms with Crippen LogP contribution in [0.4, 0.5) is 10.8 Å². The average Bonchev–Trinajstić information content (AvgIpc) is 2.92. The van der Waals surface area contributed by atoms with Gasteiger partial charge in [0.05, 0.1) is 19.0 Å². The Labute approximate surface area is 120 Å². The SMILES string of the molecule is COC(=O)c1nc(N(C)c2cccnc2)sc1C(C)=O. The van der Waals surface area contributed by atoms with Gasteiger partial charge in [0, 0.05) is 20.2 Å². The highest BCUT2D eigenvalue weighted by molar-refractivity contribution is 7.17. The van der Waals surface area contributed by atoms with Crippen molar-refractivity contribution in [2.24, 2.45) is 0 Å². The first-order chi connectivity index (χ1) is 9.54. The monoisotopic (exact) mass is 291 g/mol. The summed E-state index contributed by atoms with van der Waals surface area (Å²) in [5.74, 6) is -0.828. The minimum atomic E-state index is -0.614. The molecular weight excluding hydrogens is 278 g/mol. The number of carbonyl (C=O) groups excluding carboxylic acids is 2. The molecule has 0 aromatic carbocycles. The first-order valence-electron chi connectivity index (χ1n) is 5.78. The Kier molecular flexibility index (Phi) is 4.09. The topological polar surface area (TPSA) is 72.4 Å². The van der Waals surface area contributed by atoms with Crippen LogP contribution in [0.5, 0.6) is 0 Å². The van der Waals surface area contributed by atoms with E-state index in [0.29, 0.717) is 10.0 Å². The second-order valence-corrected chi connectivity index (χ2v) is 4.97. The van der Waals surface area contributed by atoms with Crippen LogP contribution in [0.15, 0.2) is 24.5 Å². The van der Waals surface area contributed by atoms with E-state index < -0.39 is 5.97 Å². The molecule has 7 heteroatoms. The molecule has 0 spiro atoms. The Morgan fingerprint density at radius 2 is 2.15 bits per heavy atom. The maximum absolute atomic E-state index is 11.7. The Morgan fingerprint density at radius 1 is 1.40 bits per heavy atom. The van der Waals surface area contributed by atoms with Gasteiger partial charge in [-0.15, -0.1) is 0 Å². The van der Waals surface area contributed by atoms with Gasteiger partial charge in [-0.05, 0) is 12.1 Å². The lowest BCUT2D eigenvalue weighted by atomic mass is 10.3. The number of thiazole rings is 1. The number of Topliss-reactive ketones (excluding diaryl/α,β-unsaturated/α-hetero) is 1. The Bertz CT molecular complexity index is 640. The molecule has 0 aliphatic rings. The molecule has 0 bridgehead atoms. The summed E-state index contributed by atoms with van der Waals surface area (Å²) in [5.41, 5.74) is 0.864. The maximum Gasteiger partial charge on any atom is 0.358 e. The van der Waals surface area contributed by atoms with E-state index in [0.717, 1.165) is 17.0 Å². The number of hydrogen-bond acceptors (Lipinski definition) is 7. The van der Waals surface area contributed by atoms with Gasteiger partial charge in [-0.25, -0.2) is 9.78 Å². The number of rotatable bonds is 4. The Hall–Kier alpha value is -2.28. The fourth-order valence-corrected chi connectivity index (χ4v) is 2.52. The molecule has 0 aliphatic heterocycles. The molecule has 6 nitrogen and oxygen atoms in total. The summed E-state index contributed by atoms with van der Waals surface area (Å²) < 4.78 is 4.65. The number of anilines is 2. The largest absolute Gasteiger partial charge is 0.464 e. The van der Waals surface area contributed by atoms with Gasteiger partial charge >= 0.3 is 5.97 Å². The van der Waals surface area contributed by atoms with E-state index in [9.17, 15) is 9.59 Å². The van der Waals surface area contributed by atoms with Crippen molar-refractivity contribution in [1.82, 2.24) is 9.97 Å². The molecule has 2 heterocycles. The van der Waals surface area contributed by atoms with Crippen LogP contribution in [0.2, 0.25) is 0 Å². The quantitative estimate of drug-likeness (QED) is 0.635. The zero-order valence-electron chi connectivity index (χ0n) is 11.3. The number of esters is 1. The van der Waals surface area contributed by atoms with Gasteiger partial charge < -0.3 is 9.64 Å². The van der Waals surface area contributed by atoms with E-state index >= 15 is 0 Å². The van der Waals surface area contributed by atoms with Crippen LogP contribution >= 0.6 is 11.3 Å². The highest BCUT2D eigenvalue weighted by Crippen LogP contribution is 2.30. The molecule has 2 aromatic rings. The summed E-state index contributed by atoms with van der Waals surface area (Å²) in [7, 11) is 3.05. The van der Waals surface area contributed by atoms with Crippen LogP contribution < -0.4 is 4.90 Å². The first-order valence-corrected chi connectivity index (χ1v) is 6.60. The number of ether oxygens (including phenoxy) is 1. The average molecular weight is 291 g/mol. The first kappa shape index (κ1) is 14.1. The second kappa shape index (κ2) is 5.79. The molecule has 0 N–H and O–H groups in total. The number of aromatic nitrogens is 2. The lowest BCUT2D eigenvalue weighted by Crippen LogP contribution is -2.10. The zero-order valence-corrected chi connectivity index (χ0v) is 12.1. The summed E-state index contributed by atoms with van der Waals surface area (Å²) >= 11 is 1.15. The number of pyridine rings is 1. The Morgan fingerprint density at radius 3 is 2.70 bits per heavy atom. The summed E-state index contributed by atoms with van der Waals surface area (Å²) in [6, 6.07) is 3.66. The molecule has 0 saturated carbocycles. The fraction of sp³-hybridized carbons (Fsp3) is 0.231. The number of nitrogens with zero attached hydrogens (tertiary/aromatic N) is 3. The van der Waals surface area contributed by atoms with Crippen LogP contribution in [-0.2, 0) is 4.74 Å². The minimum Gasteiger partial charge on any atom is -0.464 e. The predicted molar refractivity (Wildman–Crippen MR) is 75.8 cm³/mol. The van der Waals surface area contributed by atoms with Gasteiger partial charge in [-0.2, -0.15) is 0 Å². The van der Waals surface area contributed by atoms with Crippen molar-refractivity contribution < 1.29 is 14.3 Å². The molecule has 0 aliphatic carbocycles. The lowest BCUT2D eigenvalue weighted by Gasteiger charge is -2.14. The summed E-state index contributed by atoms with van der Waals surface area (Å²) in [5, 5.41) is 0.531. The van der Waals surface area contributed by atoms with E-state index in [4.69, 9.17) is 0 Å². The second-order valence-electron chi connectivity index (χ2n) is 3.99. The maximum atomic E-state index is 11.7. The van der Waals surface area contributed by atoms with Crippen LogP contribution in [0.3, 0.4) is 0 Å². The van der Waals surface area contributed by atoms with Crippen molar-refractivity contribution in [1.29, 1.82) is 0 Å². The van der Waals surface area contributed by atoms with Gasteiger partial charge in [-0.3, -0.25) is 9.78 Å². The van der Waals surface area contributed by atoms with Gasteiger partial charge in [0.25, 0.3) is 0 Å². The predicted octanol–water partition coefficient (Wildman–Crippen LogP) is 2.30. The molecule has 2 rings (SSSR count). The number of methoxy groups -OCH3 is 1. The smallest absolute Gasteiger partial charge is 0.358 e. The van der Waals surface area contributed by atoms with E-state index in [1.54, 1.807) is 30.4 Å². The standard InChI is InChI=1S/C13H13N3O3S/c1-8(17)11-10(12(18)19-3)15-13(20-11)16(2)9-5-4-6-14-7-9/h4-7H,1-3H3. The van der Waals surface area contributed by atoms with Crippen molar-refractivity contribution >= 4 is 33.9 Å². The van der Waals surface area contributed by atoms with Crippen molar-refractivity contribution in [2.45, 2.75) is 6.92 Å². The lowest BCUT2D eigenvalue weighted by molar-refractivity contribution is 0.0591. The molecule has 2 aromatic heterocycles. The molecule has 20 heavy (non-hydrogen) atoms. The fourth-order valence-electron chi connectivity index (χ4n) is 1.59. The third-order valence-electron chi connectivity index (χ3n) is 2.63. The molecular formula is C13H13N3O3S. The highest BCUT2D eigenvalue weighted by atomic mass is 32.1. The molecule has 0 amide bonds. The molecule has 104 valence electrons. The van der Waals surface area contributed by atoms with E-state index in [-0.39, 0.29) is 11.5 Å². The summed E-state index contributed by atoms with van der Waals surface area (Å²) in [4.78, 5) is 33.5. The van der Waals surface area contributed by atoms with Gasteiger partial charge in [0.1, 0.15) is 4.88 Å². The van der Waals surface area contributed by atoms with Crippen LogP contribution in [-0.4, -0.2) is 35.9 Å². The van der Waals surface area contributed by atoms with Gasteiger partial charge in [0.15, 0.2) is 16.6 Å². The van der Waals surface area contributed by atoms with Crippen molar-refractivity contribution in [3.8, 4) is 0 Å². The van der Waals surface area contributed by atoms with E-state index in [1.165, 1.54) is 14.0 Å². The molecule has 0 radical (unpaired) electrons. The van der Waals surface area contributed by atoms with Crippen LogP contribution in [0.1, 0.15) is 27.1 Å². The van der Waals surface area contributed by atoms with Crippen molar-refractivity contribution in [3.05, 3.63) is 35.1 Å². The Balaban J connectivity index is 2.43. The number of hydrogen-bond donors (Lipinski definition) is 0. The zero-order chi connectivity index (χ0) is 14.7. The molecule has 0 saturated heterocycles. The molecule has 0 fully saturated rings. The summed E-state index contributed by atoms with van der Waals surface area (Å²) in [6.07, 6.45) is 3.34. The number of ketones is 1. The normalized spacial score (nSPS) is 10.2. The van der Waals surface area contributed by atoms with Crippen molar-refractivity contribution in [3.63, 3.8) is 0 Å². The highest BCUT2D eigenvalue weighted by Gasteiger charge is 2.23. The molecule has 0 unspecified atom stereocenters. The van der Waals surface area contributed by atoms with Gasteiger partial charge in [0.2, 0.25) is 0 Å². The third kappa shape index (κ3) is 2.67. The minimum absolute atomic E-state index is 0.0516.